The SMILES string of the molecule is CCOCCOc1ccc(-c2ccc(CC(C)NC(C)=O)cc2)cc1. The van der Waals surface area contributed by atoms with E-state index in [9.17, 15) is 4.79 Å². The molecule has 2 aromatic rings. The lowest BCUT2D eigenvalue weighted by atomic mass is 10.0. The van der Waals surface area contributed by atoms with Crippen molar-refractivity contribution in [2.75, 3.05) is 19.8 Å². The minimum atomic E-state index is 0.00712. The van der Waals surface area contributed by atoms with Crippen LogP contribution in [0, 0.1) is 0 Å². The second-order valence-corrected chi connectivity index (χ2v) is 6.07. The molecule has 0 aliphatic heterocycles. The molecule has 0 aliphatic rings. The van der Waals surface area contributed by atoms with Gasteiger partial charge in [-0.3, -0.25) is 4.79 Å². The molecule has 0 radical (unpaired) electrons. The highest BCUT2D eigenvalue weighted by Gasteiger charge is 2.05. The van der Waals surface area contributed by atoms with Gasteiger partial charge in [-0.05, 0) is 49.1 Å². The van der Waals surface area contributed by atoms with Crippen LogP contribution in [-0.2, 0) is 16.0 Å². The van der Waals surface area contributed by atoms with Crippen molar-refractivity contribution >= 4 is 5.91 Å². The average Bonchev–Trinajstić information content (AvgIpc) is 2.59. The van der Waals surface area contributed by atoms with Crippen LogP contribution in [-0.4, -0.2) is 31.8 Å². The van der Waals surface area contributed by atoms with E-state index < -0.39 is 0 Å². The second-order valence-electron chi connectivity index (χ2n) is 6.07. The number of benzene rings is 2. The molecule has 0 spiro atoms. The van der Waals surface area contributed by atoms with Gasteiger partial charge in [-0.15, -0.1) is 0 Å². The number of hydrogen-bond acceptors (Lipinski definition) is 3. The Hall–Kier alpha value is -2.33. The molecule has 2 aromatic carbocycles. The molecule has 4 nitrogen and oxygen atoms in total. The van der Waals surface area contributed by atoms with Gasteiger partial charge >= 0.3 is 0 Å². The molecule has 0 saturated carbocycles. The number of ether oxygens (including phenoxy) is 2. The fourth-order valence-electron chi connectivity index (χ4n) is 2.69. The van der Waals surface area contributed by atoms with Crippen LogP contribution in [0.3, 0.4) is 0 Å². The summed E-state index contributed by atoms with van der Waals surface area (Å²) in [6.07, 6.45) is 0.826. The summed E-state index contributed by atoms with van der Waals surface area (Å²) < 4.78 is 10.9. The number of amides is 1. The molecule has 4 heteroatoms. The molecule has 0 saturated heterocycles. The maximum Gasteiger partial charge on any atom is 0.217 e. The third kappa shape index (κ3) is 6.59. The van der Waals surface area contributed by atoms with Crippen molar-refractivity contribution in [3.8, 4) is 16.9 Å². The molecule has 0 bridgehead atoms. The highest BCUT2D eigenvalue weighted by atomic mass is 16.5. The minimum absolute atomic E-state index is 0.00712. The zero-order valence-electron chi connectivity index (χ0n) is 15.2. The van der Waals surface area contributed by atoms with Gasteiger partial charge in [0, 0.05) is 19.6 Å². The van der Waals surface area contributed by atoms with Crippen LogP contribution < -0.4 is 10.1 Å². The first-order valence-corrected chi connectivity index (χ1v) is 8.75. The quantitative estimate of drug-likeness (QED) is 0.705. The number of rotatable bonds is 9. The van der Waals surface area contributed by atoms with Crippen LogP contribution >= 0.6 is 0 Å². The average molecular weight is 341 g/mol. The molecule has 1 N–H and O–H groups in total. The van der Waals surface area contributed by atoms with Gasteiger partial charge in [-0.2, -0.15) is 0 Å². The summed E-state index contributed by atoms with van der Waals surface area (Å²) in [5.74, 6) is 0.858. The molecule has 1 unspecified atom stereocenters. The lowest BCUT2D eigenvalue weighted by molar-refractivity contribution is -0.119. The summed E-state index contributed by atoms with van der Waals surface area (Å²) in [6.45, 7) is 7.41. The fraction of sp³-hybridized carbons (Fsp3) is 0.381. The van der Waals surface area contributed by atoms with E-state index in [2.05, 4.69) is 41.7 Å². The molecular formula is C21H27NO3. The summed E-state index contributed by atoms with van der Waals surface area (Å²) >= 11 is 0. The van der Waals surface area contributed by atoms with Crippen molar-refractivity contribution < 1.29 is 14.3 Å². The monoisotopic (exact) mass is 341 g/mol. The van der Waals surface area contributed by atoms with Gasteiger partial charge in [-0.25, -0.2) is 0 Å². The Morgan fingerprint density at radius 2 is 1.60 bits per heavy atom. The number of carbonyl (C=O) groups excluding carboxylic acids is 1. The second kappa shape index (κ2) is 9.84. The lowest BCUT2D eigenvalue weighted by Gasteiger charge is -2.13. The van der Waals surface area contributed by atoms with Crippen LogP contribution in [0.25, 0.3) is 11.1 Å². The summed E-state index contributed by atoms with van der Waals surface area (Å²) in [7, 11) is 0. The molecule has 0 fully saturated rings. The Kier molecular flexibility index (Phi) is 7.48. The third-order valence-electron chi connectivity index (χ3n) is 3.83. The Balaban J connectivity index is 1.91. The Morgan fingerprint density at radius 3 is 2.16 bits per heavy atom. The Labute approximate surface area is 150 Å². The van der Waals surface area contributed by atoms with Crippen molar-refractivity contribution in [3.05, 3.63) is 54.1 Å². The number of hydrogen-bond donors (Lipinski definition) is 1. The first-order chi connectivity index (χ1) is 12.1. The number of carbonyl (C=O) groups is 1. The molecule has 0 aliphatic carbocycles. The van der Waals surface area contributed by atoms with Crippen LogP contribution in [0.2, 0.25) is 0 Å². The van der Waals surface area contributed by atoms with Crippen LogP contribution in [0.1, 0.15) is 26.3 Å². The summed E-state index contributed by atoms with van der Waals surface area (Å²) in [5.41, 5.74) is 3.52. The predicted octanol–water partition coefficient (Wildman–Crippen LogP) is 3.84. The highest BCUT2D eigenvalue weighted by Crippen LogP contribution is 2.23. The van der Waals surface area contributed by atoms with Gasteiger partial charge in [0.1, 0.15) is 12.4 Å². The first-order valence-electron chi connectivity index (χ1n) is 8.75. The third-order valence-corrected chi connectivity index (χ3v) is 3.83. The molecule has 1 amide bonds. The van der Waals surface area contributed by atoms with E-state index in [-0.39, 0.29) is 11.9 Å². The molecule has 134 valence electrons. The van der Waals surface area contributed by atoms with E-state index in [0.717, 1.165) is 23.3 Å². The van der Waals surface area contributed by atoms with Gasteiger partial charge < -0.3 is 14.8 Å². The zero-order valence-corrected chi connectivity index (χ0v) is 15.2. The van der Waals surface area contributed by atoms with Crippen LogP contribution in [0.5, 0.6) is 5.75 Å². The van der Waals surface area contributed by atoms with Crippen molar-refractivity contribution in [1.29, 1.82) is 0 Å². The maximum atomic E-state index is 11.1. The van der Waals surface area contributed by atoms with Gasteiger partial charge in [0.25, 0.3) is 0 Å². The van der Waals surface area contributed by atoms with E-state index in [1.54, 1.807) is 6.92 Å². The van der Waals surface area contributed by atoms with E-state index in [0.29, 0.717) is 19.8 Å². The molecule has 0 heterocycles. The smallest absolute Gasteiger partial charge is 0.217 e. The Bertz CT molecular complexity index is 650. The van der Waals surface area contributed by atoms with E-state index in [1.807, 2.05) is 26.0 Å². The minimum Gasteiger partial charge on any atom is -0.491 e. The van der Waals surface area contributed by atoms with Crippen molar-refractivity contribution in [1.82, 2.24) is 5.32 Å². The topological polar surface area (TPSA) is 47.6 Å². The van der Waals surface area contributed by atoms with Crippen molar-refractivity contribution in [2.24, 2.45) is 0 Å². The van der Waals surface area contributed by atoms with Gasteiger partial charge in [0.05, 0.1) is 6.61 Å². The molecule has 2 rings (SSSR count). The fourth-order valence-corrected chi connectivity index (χ4v) is 2.69. The first kappa shape index (κ1) is 19.0. The van der Waals surface area contributed by atoms with Gasteiger partial charge in [0.2, 0.25) is 5.91 Å². The summed E-state index contributed by atoms with van der Waals surface area (Å²) in [5, 5.41) is 2.91. The molecular weight excluding hydrogens is 314 g/mol. The molecule has 1 atom stereocenters. The van der Waals surface area contributed by atoms with Gasteiger partial charge in [-0.1, -0.05) is 36.4 Å². The number of nitrogens with one attached hydrogen (secondary N) is 1. The lowest BCUT2D eigenvalue weighted by Crippen LogP contribution is -2.31. The van der Waals surface area contributed by atoms with E-state index >= 15 is 0 Å². The van der Waals surface area contributed by atoms with Crippen molar-refractivity contribution in [2.45, 2.75) is 33.2 Å². The zero-order chi connectivity index (χ0) is 18.1. The molecule has 0 aromatic heterocycles. The van der Waals surface area contributed by atoms with Crippen LogP contribution in [0.15, 0.2) is 48.5 Å². The highest BCUT2D eigenvalue weighted by molar-refractivity contribution is 5.73. The predicted molar refractivity (Wildman–Crippen MR) is 101 cm³/mol. The summed E-state index contributed by atoms with van der Waals surface area (Å²) in [6, 6.07) is 16.7. The van der Waals surface area contributed by atoms with Crippen LogP contribution in [0.4, 0.5) is 0 Å². The van der Waals surface area contributed by atoms with E-state index in [4.69, 9.17) is 9.47 Å². The Morgan fingerprint density at radius 1 is 1.00 bits per heavy atom. The maximum absolute atomic E-state index is 11.1. The summed E-state index contributed by atoms with van der Waals surface area (Å²) in [4.78, 5) is 11.1. The van der Waals surface area contributed by atoms with E-state index in [1.165, 1.54) is 5.56 Å². The molecule has 25 heavy (non-hydrogen) atoms. The standard InChI is InChI=1S/C21H27NO3/c1-4-24-13-14-25-21-11-9-20(10-12-21)19-7-5-18(6-8-19)15-16(2)22-17(3)23/h5-12,16H,4,13-15H2,1-3H3,(H,22,23). The normalized spacial score (nSPS) is 11.8. The van der Waals surface area contributed by atoms with Gasteiger partial charge in [0.15, 0.2) is 0 Å². The van der Waals surface area contributed by atoms with Crippen molar-refractivity contribution in [3.63, 3.8) is 0 Å². The largest absolute Gasteiger partial charge is 0.491 e.